The number of carboxylic acid groups (broad SMARTS) is 1. The van der Waals surface area contributed by atoms with Gasteiger partial charge in [0.1, 0.15) is 11.0 Å². The lowest BCUT2D eigenvalue weighted by Gasteiger charge is -1.95. The summed E-state index contributed by atoms with van der Waals surface area (Å²) in [6.45, 7) is 0. The molecule has 0 fully saturated rings. The van der Waals surface area contributed by atoms with Crippen molar-refractivity contribution in [2.45, 2.75) is 0 Å². The van der Waals surface area contributed by atoms with Crippen LogP contribution in [-0.4, -0.2) is 21.0 Å². The van der Waals surface area contributed by atoms with Crippen molar-refractivity contribution >= 4 is 29.2 Å². The van der Waals surface area contributed by atoms with Crippen LogP contribution in [0.5, 0.6) is 0 Å². The summed E-state index contributed by atoms with van der Waals surface area (Å²) in [6, 6.07) is 6.83. The highest BCUT2D eigenvalue weighted by molar-refractivity contribution is 6.32. The van der Waals surface area contributed by atoms with Crippen LogP contribution in [0.4, 0.5) is 0 Å². The minimum Gasteiger partial charge on any atom is -0.476 e. The molecule has 0 aliphatic heterocycles. The third-order valence-electron chi connectivity index (χ3n) is 1.98. The molecule has 6 heteroatoms. The lowest BCUT2D eigenvalue weighted by Crippen LogP contribution is -1.96. The van der Waals surface area contributed by atoms with E-state index in [1.54, 1.807) is 24.3 Å². The summed E-state index contributed by atoms with van der Waals surface area (Å²) in [6.07, 6.45) is 0. The van der Waals surface area contributed by atoms with E-state index in [1.807, 2.05) is 0 Å². The molecule has 2 N–H and O–H groups in total. The molecule has 0 amide bonds. The lowest BCUT2D eigenvalue weighted by atomic mass is 10.2. The fraction of sp³-hybridized carbons (Fsp3) is 0. The van der Waals surface area contributed by atoms with Crippen molar-refractivity contribution in [1.82, 2.24) is 9.97 Å². The molecular formula is C10H6Cl2N2O2. The average Bonchev–Trinajstić information content (AvgIpc) is 2.61. The van der Waals surface area contributed by atoms with E-state index in [1.165, 1.54) is 0 Å². The number of aromatic nitrogens is 2. The van der Waals surface area contributed by atoms with E-state index in [0.29, 0.717) is 10.8 Å². The average molecular weight is 257 g/mol. The largest absolute Gasteiger partial charge is 0.476 e. The number of hydrogen-bond acceptors (Lipinski definition) is 2. The summed E-state index contributed by atoms with van der Waals surface area (Å²) < 4.78 is 0. The molecular weight excluding hydrogens is 251 g/mol. The Balaban J connectivity index is 2.45. The summed E-state index contributed by atoms with van der Waals surface area (Å²) in [4.78, 5) is 17.3. The van der Waals surface area contributed by atoms with Crippen LogP contribution < -0.4 is 0 Å². The molecule has 0 aliphatic carbocycles. The van der Waals surface area contributed by atoms with Gasteiger partial charge in [-0.05, 0) is 24.3 Å². The van der Waals surface area contributed by atoms with Crippen molar-refractivity contribution < 1.29 is 9.90 Å². The smallest absolute Gasteiger partial charge is 0.357 e. The highest BCUT2D eigenvalue weighted by atomic mass is 35.5. The Labute approximate surface area is 101 Å². The van der Waals surface area contributed by atoms with E-state index < -0.39 is 5.97 Å². The quantitative estimate of drug-likeness (QED) is 0.868. The maximum atomic E-state index is 10.7. The fourth-order valence-electron chi connectivity index (χ4n) is 1.24. The highest BCUT2D eigenvalue weighted by Gasteiger charge is 2.15. The number of H-pyrrole nitrogens is 1. The van der Waals surface area contributed by atoms with Gasteiger partial charge in [0.25, 0.3) is 0 Å². The number of nitrogens with one attached hydrogen (secondary N) is 1. The standard InChI is InChI=1S/C10H6Cl2N2O2/c11-6-3-1-5(2-4-6)9-13-7(10(15)16)8(12)14-9/h1-4H,(H,13,14)(H,15,16). The molecule has 16 heavy (non-hydrogen) atoms. The zero-order valence-corrected chi connectivity index (χ0v) is 9.38. The molecule has 0 bridgehead atoms. The molecule has 1 aromatic carbocycles. The van der Waals surface area contributed by atoms with Gasteiger partial charge >= 0.3 is 5.97 Å². The SMILES string of the molecule is O=C(O)c1nc(-c2ccc(Cl)cc2)[nH]c1Cl. The highest BCUT2D eigenvalue weighted by Crippen LogP contribution is 2.22. The Bertz CT molecular complexity index is 534. The number of imidazole rings is 1. The number of halogens is 2. The molecule has 0 saturated heterocycles. The lowest BCUT2D eigenvalue weighted by molar-refractivity contribution is 0.0691. The van der Waals surface area contributed by atoms with Gasteiger partial charge in [0.15, 0.2) is 5.69 Å². The number of aromatic amines is 1. The molecule has 1 aromatic heterocycles. The van der Waals surface area contributed by atoms with E-state index in [-0.39, 0.29) is 10.8 Å². The van der Waals surface area contributed by atoms with Crippen molar-refractivity contribution in [3.8, 4) is 11.4 Å². The fourth-order valence-corrected chi connectivity index (χ4v) is 1.58. The van der Waals surface area contributed by atoms with E-state index in [4.69, 9.17) is 28.3 Å². The van der Waals surface area contributed by atoms with E-state index in [9.17, 15) is 4.79 Å². The topological polar surface area (TPSA) is 66.0 Å². The third kappa shape index (κ3) is 2.03. The van der Waals surface area contributed by atoms with Gasteiger partial charge in [-0.1, -0.05) is 23.2 Å². The summed E-state index contributed by atoms with van der Waals surface area (Å²) in [5, 5.41) is 9.39. The number of nitrogens with zero attached hydrogens (tertiary/aromatic N) is 1. The van der Waals surface area contributed by atoms with Crippen LogP contribution in [0.3, 0.4) is 0 Å². The molecule has 0 atom stereocenters. The minimum absolute atomic E-state index is 0.0115. The van der Waals surface area contributed by atoms with Gasteiger partial charge in [0.2, 0.25) is 0 Å². The number of carbonyl (C=O) groups is 1. The Morgan fingerprint density at radius 3 is 2.38 bits per heavy atom. The molecule has 2 aromatic rings. The maximum Gasteiger partial charge on any atom is 0.357 e. The van der Waals surface area contributed by atoms with Gasteiger partial charge in [-0.3, -0.25) is 0 Å². The minimum atomic E-state index is -1.17. The second kappa shape index (κ2) is 4.15. The number of rotatable bonds is 2. The normalized spacial score (nSPS) is 10.4. The Morgan fingerprint density at radius 2 is 1.88 bits per heavy atom. The van der Waals surface area contributed by atoms with E-state index >= 15 is 0 Å². The summed E-state index contributed by atoms with van der Waals surface area (Å²) in [5.41, 5.74) is 0.533. The van der Waals surface area contributed by atoms with Gasteiger partial charge in [0.05, 0.1) is 0 Å². The van der Waals surface area contributed by atoms with Crippen LogP contribution in [0, 0.1) is 0 Å². The molecule has 0 aliphatic rings. The molecule has 0 radical (unpaired) electrons. The van der Waals surface area contributed by atoms with Gasteiger partial charge in [-0.15, -0.1) is 0 Å². The molecule has 4 nitrogen and oxygen atoms in total. The van der Waals surface area contributed by atoms with Crippen molar-refractivity contribution in [2.75, 3.05) is 0 Å². The van der Waals surface area contributed by atoms with Crippen molar-refractivity contribution in [1.29, 1.82) is 0 Å². The van der Waals surface area contributed by atoms with Gasteiger partial charge in [-0.25, -0.2) is 9.78 Å². The second-order valence-electron chi connectivity index (χ2n) is 3.06. The first kappa shape index (κ1) is 11.0. The third-order valence-corrected chi connectivity index (χ3v) is 2.51. The van der Waals surface area contributed by atoms with Gasteiger partial charge in [0, 0.05) is 10.6 Å². The number of aromatic carboxylic acids is 1. The van der Waals surface area contributed by atoms with Crippen molar-refractivity contribution in [2.24, 2.45) is 0 Å². The monoisotopic (exact) mass is 256 g/mol. The first-order valence-corrected chi connectivity index (χ1v) is 5.08. The molecule has 1 heterocycles. The van der Waals surface area contributed by atoms with Crippen molar-refractivity contribution in [3.05, 3.63) is 40.1 Å². The number of hydrogen-bond donors (Lipinski definition) is 2. The molecule has 0 saturated carbocycles. The van der Waals surface area contributed by atoms with Crippen LogP contribution in [0.2, 0.25) is 10.2 Å². The number of benzene rings is 1. The molecule has 2 rings (SSSR count). The second-order valence-corrected chi connectivity index (χ2v) is 3.87. The summed E-state index contributed by atoms with van der Waals surface area (Å²) >= 11 is 11.4. The van der Waals surface area contributed by atoms with Crippen LogP contribution in [0.25, 0.3) is 11.4 Å². The molecule has 0 unspecified atom stereocenters. The van der Waals surface area contributed by atoms with E-state index in [0.717, 1.165) is 5.56 Å². The zero-order chi connectivity index (χ0) is 11.7. The Kier molecular flexibility index (Phi) is 2.85. The molecule has 0 spiro atoms. The zero-order valence-electron chi connectivity index (χ0n) is 7.87. The van der Waals surface area contributed by atoms with Gasteiger partial charge < -0.3 is 10.1 Å². The number of carboxylic acids is 1. The molecule has 82 valence electrons. The van der Waals surface area contributed by atoms with Crippen LogP contribution in [0.1, 0.15) is 10.5 Å². The maximum absolute atomic E-state index is 10.7. The van der Waals surface area contributed by atoms with Crippen molar-refractivity contribution in [3.63, 3.8) is 0 Å². The van der Waals surface area contributed by atoms with E-state index in [2.05, 4.69) is 9.97 Å². The Hall–Kier alpha value is -1.52. The summed E-state index contributed by atoms with van der Waals surface area (Å²) in [5.74, 6) is -0.763. The predicted octanol–water partition coefficient (Wildman–Crippen LogP) is 3.08. The Morgan fingerprint density at radius 1 is 1.25 bits per heavy atom. The van der Waals surface area contributed by atoms with Crippen LogP contribution >= 0.6 is 23.2 Å². The predicted molar refractivity (Wildman–Crippen MR) is 61.0 cm³/mol. The van der Waals surface area contributed by atoms with Gasteiger partial charge in [-0.2, -0.15) is 0 Å². The van der Waals surface area contributed by atoms with Crippen LogP contribution in [-0.2, 0) is 0 Å². The van der Waals surface area contributed by atoms with Crippen LogP contribution in [0.15, 0.2) is 24.3 Å². The summed E-state index contributed by atoms with van der Waals surface area (Å²) in [7, 11) is 0. The first-order chi connectivity index (χ1) is 7.58. The first-order valence-electron chi connectivity index (χ1n) is 4.32.